The number of fused-ring (bicyclic) bond motifs is 2. The number of nitrogens with one attached hydrogen (secondary N) is 2. The topological polar surface area (TPSA) is 115 Å². The number of para-hydroxylation sites is 2. The summed E-state index contributed by atoms with van der Waals surface area (Å²) < 4.78 is 0. The molecule has 0 spiro atoms. The molecule has 0 bridgehead atoms. The van der Waals surface area contributed by atoms with E-state index in [2.05, 4.69) is 15.2 Å². The van der Waals surface area contributed by atoms with Gasteiger partial charge in [-0.3, -0.25) is 14.4 Å². The van der Waals surface area contributed by atoms with E-state index >= 15 is 0 Å². The third-order valence-electron chi connectivity index (χ3n) is 7.89. The van der Waals surface area contributed by atoms with Crippen molar-refractivity contribution in [1.29, 1.82) is 0 Å². The Hall–Kier alpha value is -4.01. The molecule has 190 valence electrons. The normalized spacial score (nSPS) is 17.5. The van der Waals surface area contributed by atoms with Gasteiger partial charge in [-0.15, -0.1) is 0 Å². The van der Waals surface area contributed by atoms with E-state index in [9.17, 15) is 14.4 Å². The van der Waals surface area contributed by atoms with Gasteiger partial charge in [0.2, 0.25) is 11.8 Å². The Balaban J connectivity index is 1.02. The van der Waals surface area contributed by atoms with Crippen LogP contribution in [0.15, 0.2) is 53.3 Å². The lowest BCUT2D eigenvalue weighted by Crippen LogP contribution is -2.46. The molecule has 2 amide bonds. The molecule has 37 heavy (non-hydrogen) atoms. The number of piperidine rings is 2. The van der Waals surface area contributed by atoms with E-state index in [0.29, 0.717) is 48.3 Å². The van der Waals surface area contributed by atoms with Crippen molar-refractivity contribution in [2.24, 2.45) is 5.92 Å². The minimum Gasteiger partial charge on any atom is -0.342 e. The molecular weight excluding hydrogens is 468 g/mol. The molecule has 2 aromatic carbocycles. The van der Waals surface area contributed by atoms with E-state index in [4.69, 9.17) is 4.98 Å². The van der Waals surface area contributed by atoms with E-state index in [1.807, 2.05) is 46.2 Å². The largest absolute Gasteiger partial charge is 0.342 e. The molecule has 6 rings (SSSR count). The Morgan fingerprint density at radius 3 is 2.30 bits per heavy atom. The average Bonchev–Trinajstić information content (AvgIpc) is 3.39. The minimum absolute atomic E-state index is 0.0257. The Kier molecular flexibility index (Phi) is 6.20. The van der Waals surface area contributed by atoms with Crippen molar-refractivity contribution in [1.82, 2.24) is 30.0 Å². The summed E-state index contributed by atoms with van der Waals surface area (Å²) in [7, 11) is 0. The molecular formula is C28H30N6O3. The van der Waals surface area contributed by atoms with Gasteiger partial charge >= 0.3 is 0 Å². The summed E-state index contributed by atoms with van der Waals surface area (Å²) in [5.41, 5.74) is 2.36. The standard InChI is InChI=1S/C28H30N6O3/c35-25(17-24-20-5-1-2-6-21(20)27(36)32-31-24)33-13-11-19(12-14-33)28(37)34-15-9-18(10-16-34)26-29-22-7-3-4-8-23(22)30-26/h1-8,18-19H,9-17H2,(H,29,30)(H,32,36). The Morgan fingerprint density at radius 2 is 1.54 bits per heavy atom. The van der Waals surface area contributed by atoms with Crippen LogP contribution in [0.1, 0.15) is 43.1 Å². The number of amides is 2. The van der Waals surface area contributed by atoms with E-state index < -0.39 is 0 Å². The molecule has 4 heterocycles. The maximum Gasteiger partial charge on any atom is 0.272 e. The van der Waals surface area contributed by atoms with E-state index in [1.165, 1.54) is 0 Å². The molecule has 2 aliphatic heterocycles. The number of carbonyl (C=O) groups is 2. The zero-order chi connectivity index (χ0) is 25.4. The Labute approximate surface area is 213 Å². The Morgan fingerprint density at radius 1 is 0.865 bits per heavy atom. The van der Waals surface area contributed by atoms with Crippen molar-refractivity contribution >= 4 is 33.6 Å². The molecule has 4 aromatic rings. The highest BCUT2D eigenvalue weighted by molar-refractivity contribution is 5.88. The first-order valence-corrected chi connectivity index (χ1v) is 13.0. The molecule has 2 saturated heterocycles. The second kappa shape index (κ2) is 9.80. The van der Waals surface area contributed by atoms with Gasteiger partial charge in [0.15, 0.2) is 0 Å². The predicted octanol–water partition coefficient (Wildman–Crippen LogP) is 2.99. The highest BCUT2D eigenvalue weighted by Gasteiger charge is 2.33. The molecule has 9 heteroatoms. The number of aromatic nitrogens is 4. The lowest BCUT2D eigenvalue weighted by Gasteiger charge is -2.37. The molecule has 0 radical (unpaired) electrons. The number of hydrogen-bond donors (Lipinski definition) is 2. The lowest BCUT2D eigenvalue weighted by molar-refractivity contribution is -0.141. The molecule has 0 atom stereocenters. The predicted molar refractivity (Wildman–Crippen MR) is 140 cm³/mol. The van der Waals surface area contributed by atoms with Crippen LogP contribution in [-0.2, 0) is 16.0 Å². The Bertz CT molecular complexity index is 1480. The SMILES string of the molecule is O=C(Cc1n[nH]c(=O)c2ccccc12)N1CCC(C(=O)N2CCC(c3nc4ccccc4[nH]3)CC2)CC1. The van der Waals surface area contributed by atoms with Crippen molar-refractivity contribution < 1.29 is 9.59 Å². The van der Waals surface area contributed by atoms with Crippen molar-refractivity contribution in [2.75, 3.05) is 26.2 Å². The van der Waals surface area contributed by atoms with Crippen LogP contribution in [0.5, 0.6) is 0 Å². The third kappa shape index (κ3) is 4.61. The van der Waals surface area contributed by atoms with Gasteiger partial charge in [0, 0.05) is 43.4 Å². The van der Waals surface area contributed by atoms with Crippen LogP contribution >= 0.6 is 0 Å². The van der Waals surface area contributed by atoms with Crippen LogP contribution in [0, 0.1) is 5.92 Å². The van der Waals surface area contributed by atoms with Crippen molar-refractivity contribution in [3.8, 4) is 0 Å². The lowest BCUT2D eigenvalue weighted by atomic mass is 9.91. The van der Waals surface area contributed by atoms with Crippen LogP contribution in [0.2, 0.25) is 0 Å². The van der Waals surface area contributed by atoms with Crippen molar-refractivity contribution in [3.63, 3.8) is 0 Å². The second-order valence-corrected chi connectivity index (χ2v) is 10.1. The number of carbonyl (C=O) groups excluding carboxylic acids is 2. The summed E-state index contributed by atoms with van der Waals surface area (Å²) in [4.78, 5) is 50.3. The van der Waals surface area contributed by atoms with Gasteiger partial charge in [-0.1, -0.05) is 30.3 Å². The van der Waals surface area contributed by atoms with Gasteiger partial charge in [-0.05, 0) is 43.9 Å². The first-order chi connectivity index (χ1) is 18.1. The first kappa shape index (κ1) is 23.4. The molecule has 0 saturated carbocycles. The number of H-pyrrole nitrogens is 2. The van der Waals surface area contributed by atoms with Crippen molar-refractivity contribution in [2.45, 2.75) is 38.0 Å². The number of likely N-dealkylation sites (tertiary alicyclic amines) is 2. The number of imidazole rings is 1. The highest BCUT2D eigenvalue weighted by atomic mass is 16.2. The minimum atomic E-state index is -0.257. The van der Waals surface area contributed by atoms with Gasteiger partial charge < -0.3 is 14.8 Å². The molecule has 0 unspecified atom stereocenters. The molecule has 2 N–H and O–H groups in total. The van der Waals surface area contributed by atoms with Crippen LogP contribution in [0.4, 0.5) is 0 Å². The molecule has 0 aliphatic carbocycles. The summed E-state index contributed by atoms with van der Waals surface area (Å²) >= 11 is 0. The van der Waals surface area contributed by atoms with E-state index in [0.717, 1.165) is 42.8 Å². The van der Waals surface area contributed by atoms with Gasteiger partial charge in [0.05, 0.1) is 28.5 Å². The first-order valence-electron chi connectivity index (χ1n) is 13.0. The second-order valence-electron chi connectivity index (χ2n) is 10.1. The number of benzene rings is 2. The van der Waals surface area contributed by atoms with Gasteiger partial charge in [0.25, 0.3) is 5.56 Å². The fourth-order valence-electron chi connectivity index (χ4n) is 5.73. The third-order valence-corrected chi connectivity index (χ3v) is 7.89. The molecule has 2 aromatic heterocycles. The molecule has 2 fully saturated rings. The zero-order valence-electron chi connectivity index (χ0n) is 20.7. The quantitative estimate of drug-likeness (QED) is 0.449. The summed E-state index contributed by atoms with van der Waals surface area (Å²) in [5, 5.41) is 7.87. The van der Waals surface area contributed by atoms with Crippen LogP contribution in [0.3, 0.4) is 0 Å². The van der Waals surface area contributed by atoms with E-state index in [1.54, 1.807) is 12.1 Å². The summed E-state index contributed by atoms with van der Waals surface area (Å²) in [6.07, 6.45) is 3.29. The van der Waals surface area contributed by atoms with Gasteiger partial charge in [-0.25, -0.2) is 10.1 Å². The molecule has 2 aliphatic rings. The summed E-state index contributed by atoms with van der Waals surface area (Å²) in [6.45, 7) is 2.60. The summed E-state index contributed by atoms with van der Waals surface area (Å²) in [5.74, 6) is 1.50. The number of nitrogens with zero attached hydrogens (tertiary/aromatic N) is 4. The van der Waals surface area contributed by atoms with Gasteiger partial charge in [0.1, 0.15) is 5.82 Å². The average molecular weight is 499 g/mol. The number of hydrogen-bond acceptors (Lipinski definition) is 5. The fourth-order valence-corrected chi connectivity index (χ4v) is 5.73. The maximum atomic E-state index is 13.2. The highest BCUT2D eigenvalue weighted by Crippen LogP contribution is 2.30. The van der Waals surface area contributed by atoms with Crippen LogP contribution < -0.4 is 5.56 Å². The molecule has 9 nitrogen and oxygen atoms in total. The smallest absolute Gasteiger partial charge is 0.272 e. The monoisotopic (exact) mass is 498 g/mol. The summed E-state index contributed by atoms with van der Waals surface area (Å²) in [6, 6.07) is 15.3. The maximum absolute atomic E-state index is 13.2. The number of aromatic amines is 2. The van der Waals surface area contributed by atoms with Crippen LogP contribution in [-0.4, -0.2) is 68.0 Å². The van der Waals surface area contributed by atoms with Crippen LogP contribution in [0.25, 0.3) is 21.8 Å². The van der Waals surface area contributed by atoms with E-state index in [-0.39, 0.29) is 29.7 Å². The van der Waals surface area contributed by atoms with Crippen molar-refractivity contribution in [3.05, 3.63) is 70.4 Å². The van der Waals surface area contributed by atoms with Gasteiger partial charge in [-0.2, -0.15) is 5.10 Å². The zero-order valence-corrected chi connectivity index (χ0v) is 20.7. The fraction of sp³-hybridized carbons (Fsp3) is 0.393. The number of rotatable bonds is 4.